The molecule has 6 heteroatoms. The van der Waals surface area contributed by atoms with E-state index < -0.39 is 0 Å². The SMILES string of the molecule is Cc1ccc(/C=C/C(=O)Nc2cccc(NC(=O)c3ccco3)c2)c(Br)c1. The molecular weight excluding hydrogens is 408 g/mol. The molecule has 0 unspecified atom stereocenters. The van der Waals surface area contributed by atoms with Crippen LogP contribution in [-0.2, 0) is 4.79 Å². The van der Waals surface area contributed by atoms with Crippen molar-refractivity contribution >= 4 is 45.2 Å². The monoisotopic (exact) mass is 424 g/mol. The predicted molar refractivity (Wildman–Crippen MR) is 110 cm³/mol. The van der Waals surface area contributed by atoms with Crippen molar-refractivity contribution in [3.63, 3.8) is 0 Å². The maximum Gasteiger partial charge on any atom is 0.291 e. The van der Waals surface area contributed by atoms with Crippen molar-refractivity contribution in [2.75, 3.05) is 10.6 Å². The number of nitrogens with one attached hydrogen (secondary N) is 2. The molecule has 2 aromatic carbocycles. The summed E-state index contributed by atoms with van der Waals surface area (Å²) in [4.78, 5) is 24.2. The Labute approximate surface area is 165 Å². The minimum atomic E-state index is -0.354. The first-order valence-electron chi connectivity index (χ1n) is 8.21. The van der Waals surface area contributed by atoms with Gasteiger partial charge in [0.1, 0.15) is 0 Å². The molecule has 27 heavy (non-hydrogen) atoms. The summed E-state index contributed by atoms with van der Waals surface area (Å²) in [5.74, 6) is -0.402. The van der Waals surface area contributed by atoms with Crippen LogP contribution < -0.4 is 10.6 Å². The third-order valence-corrected chi connectivity index (χ3v) is 4.39. The van der Waals surface area contributed by atoms with Gasteiger partial charge in [0.05, 0.1) is 6.26 Å². The lowest BCUT2D eigenvalue weighted by molar-refractivity contribution is -0.111. The third kappa shape index (κ3) is 5.18. The van der Waals surface area contributed by atoms with Crippen LogP contribution in [-0.4, -0.2) is 11.8 Å². The zero-order chi connectivity index (χ0) is 19.2. The zero-order valence-electron chi connectivity index (χ0n) is 14.5. The van der Waals surface area contributed by atoms with E-state index in [9.17, 15) is 9.59 Å². The molecule has 1 heterocycles. The molecule has 1 aromatic heterocycles. The van der Waals surface area contributed by atoms with Gasteiger partial charge in [0.25, 0.3) is 5.91 Å². The molecular formula is C21H17BrN2O3. The van der Waals surface area contributed by atoms with Gasteiger partial charge in [0.15, 0.2) is 5.76 Å². The summed E-state index contributed by atoms with van der Waals surface area (Å²) in [6, 6.07) is 16.0. The van der Waals surface area contributed by atoms with Crippen molar-refractivity contribution in [2.24, 2.45) is 0 Å². The first-order valence-corrected chi connectivity index (χ1v) is 9.01. The fourth-order valence-corrected chi connectivity index (χ4v) is 3.02. The summed E-state index contributed by atoms with van der Waals surface area (Å²) in [6.45, 7) is 2.00. The molecule has 0 bridgehead atoms. The van der Waals surface area contributed by atoms with Crippen LogP contribution in [0, 0.1) is 6.92 Å². The van der Waals surface area contributed by atoms with Crippen LogP contribution in [0.4, 0.5) is 11.4 Å². The number of hydrogen-bond donors (Lipinski definition) is 2. The molecule has 0 atom stereocenters. The first kappa shape index (κ1) is 18.7. The molecule has 0 saturated carbocycles. The van der Waals surface area contributed by atoms with E-state index in [4.69, 9.17) is 4.42 Å². The lowest BCUT2D eigenvalue weighted by Gasteiger charge is -2.07. The molecule has 3 aromatic rings. The van der Waals surface area contributed by atoms with E-state index >= 15 is 0 Å². The van der Waals surface area contributed by atoms with E-state index in [1.165, 1.54) is 12.3 Å². The second-order valence-corrected chi connectivity index (χ2v) is 6.71. The van der Waals surface area contributed by atoms with E-state index in [-0.39, 0.29) is 17.6 Å². The Hall–Kier alpha value is -3.12. The third-order valence-electron chi connectivity index (χ3n) is 3.70. The molecule has 2 amide bonds. The number of amides is 2. The van der Waals surface area contributed by atoms with Crippen LogP contribution in [0.1, 0.15) is 21.7 Å². The highest BCUT2D eigenvalue weighted by Gasteiger charge is 2.09. The fourth-order valence-electron chi connectivity index (χ4n) is 2.39. The van der Waals surface area contributed by atoms with E-state index in [0.717, 1.165) is 15.6 Å². The van der Waals surface area contributed by atoms with Gasteiger partial charge in [-0.15, -0.1) is 0 Å². The van der Waals surface area contributed by atoms with Gasteiger partial charge in [-0.1, -0.05) is 34.1 Å². The van der Waals surface area contributed by atoms with Gasteiger partial charge >= 0.3 is 0 Å². The van der Waals surface area contributed by atoms with E-state index in [1.54, 1.807) is 42.5 Å². The number of hydrogen-bond acceptors (Lipinski definition) is 3. The fraction of sp³-hybridized carbons (Fsp3) is 0.0476. The topological polar surface area (TPSA) is 71.3 Å². The molecule has 136 valence electrons. The minimum absolute atomic E-state index is 0.219. The van der Waals surface area contributed by atoms with Gasteiger partial charge in [0, 0.05) is 21.9 Å². The maximum atomic E-state index is 12.2. The molecule has 0 radical (unpaired) electrons. The van der Waals surface area contributed by atoms with Crippen molar-refractivity contribution in [2.45, 2.75) is 6.92 Å². The average molecular weight is 425 g/mol. The Morgan fingerprint density at radius 3 is 2.48 bits per heavy atom. The molecule has 0 fully saturated rings. The highest BCUT2D eigenvalue weighted by molar-refractivity contribution is 9.10. The van der Waals surface area contributed by atoms with Crippen LogP contribution in [0.3, 0.4) is 0 Å². The van der Waals surface area contributed by atoms with Gasteiger partial charge in [-0.2, -0.15) is 0 Å². The van der Waals surface area contributed by atoms with Crippen LogP contribution >= 0.6 is 15.9 Å². The van der Waals surface area contributed by atoms with Crippen LogP contribution in [0.25, 0.3) is 6.08 Å². The largest absolute Gasteiger partial charge is 0.459 e. The molecule has 5 nitrogen and oxygen atoms in total. The minimum Gasteiger partial charge on any atom is -0.459 e. The van der Waals surface area contributed by atoms with E-state index in [2.05, 4.69) is 26.6 Å². The van der Waals surface area contributed by atoms with Crippen LogP contribution in [0.15, 0.2) is 75.8 Å². The summed E-state index contributed by atoms with van der Waals surface area (Å²) in [5.41, 5.74) is 3.18. The maximum absolute atomic E-state index is 12.2. The van der Waals surface area contributed by atoms with Gasteiger partial charge in [-0.25, -0.2) is 0 Å². The Balaban J connectivity index is 1.64. The van der Waals surface area contributed by atoms with E-state index in [1.807, 2.05) is 25.1 Å². The highest BCUT2D eigenvalue weighted by Crippen LogP contribution is 2.20. The number of carbonyl (C=O) groups excluding carboxylic acids is 2. The normalized spacial score (nSPS) is 10.7. The Bertz CT molecular complexity index is 994. The van der Waals surface area contributed by atoms with Gasteiger partial charge < -0.3 is 15.1 Å². The number of aryl methyl sites for hydroxylation is 1. The van der Waals surface area contributed by atoms with Crippen molar-refractivity contribution in [1.29, 1.82) is 0 Å². The van der Waals surface area contributed by atoms with Crippen LogP contribution in [0.2, 0.25) is 0 Å². The lowest BCUT2D eigenvalue weighted by atomic mass is 10.1. The molecule has 0 saturated heterocycles. The molecule has 0 aliphatic rings. The second-order valence-electron chi connectivity index (χ2n) is 5.86. The summed E-state index contributed by atoms with van der Waals surface area (Å²) >= 11 is 3.48. The molecule has 0 aliphatic carbocycles. The Morgan fingerprint density at radius 1 is 1.00 bits per heavy atom. The predicted octanol–water partition coefficient (Wildman–Crippen LogP) is 5.25. The molecule has 3 rings (SSSR count). The molecule has 0 spiro atoms. The Morgan fingerprint density at radius 2 is 1.78 bits per heavy atom. The summed E-state index contributed by atoms with van der Waals surface area (Å²) in [6.07, 6.45) is 4.63. The highest BCUT2D eigenvalue weighted by atomic mass is 79.9. The van der Waals surface area contributed by atoms with Crippen molar-refractivity contribution in [3.8, 4) is 0 Å². The van der Waals surface area contributed by atoms with Crippen molar-refractivity contribution in [3.05, 3.63) is 88.3 Å². The number of halogens is 1. The smallest absolute Gasteiger partial charge is 0.291 e. The lowest BCUT2D eigenvalue weighted by Crippen LogP contribution is -2.12. The molecule has 0 aliphatic heterocycles. The summed E-state index contributed by atoms with van der Waals surface area (Å²) in [7, 11) is 0. The van der Waals surface area contributed by atoms with Crippen LogP contribution in [0.5, 0.6) is 0 Å². The van der Waals surface area contributed by atoms with Crippen molar-refractivity contribution < 1.29 is 14.0 Å². The number of carbonyl (C=O) groups is 2. The van der Waals surface area contributed by atoms with Gasteiger partial charge in [0.2, 0.25) is 5.91 Å². The summed E-state index contributed by atoms with van der Waals surface area (Å²) in [5, 5.41) is 5.50. The molecule has 2 N–H and O–H groups in total. The number of rotatable bonds is 5. The second kappa shape index (κ2) is 8.51. The van der Waals surface area contributed by atoms with E-state index in [0.29, 0.717) is 11.4 Å². The number of furan rings is 1. The summed E-state index contributed by atoms with van der Waals surface area (Å²) < 4.78 is 5.98. The van der Waals surface area contributed by atoms with Crippen molar-refractivity contribution in [1.82, 2.24) is 0 Å². The number of benzene rings is 2. The first-order chi connectivity index (χ1) is 13.0. The van der Waals surface area contributed by atoms with Gasteiger partial charge in [-0.3, -0.25) is 9.59 Å². The zero-order valence-corrected chi connectivity index (χ0v) is 16.1. The van der Waals surface area contributed by atoms with Gasteiger partial charge in [-0.05, 0) is 60.5 Å². The average Bonchev–Trinajstić information content (AvgIpc) is 3.16. The standard InChI is InChI=1S/C21H17BrN2O3/c1-14-7-8-15(18(22)12-14)9-10-20(25)23-16-4-2-5-17(13-16)24-21(26)19-6-3-11-27-19/h2-13H,1H3,(H,23,25)(H,24,26)/b10-9+. The Kier molecular flexibility index (Phi) is 5.88. The quantitative estimate of drug-likeness (QED) is 0.549. The number of anilines is 2.